The van der Waals surface area contributed by atoms with Crippen LogP contribution in [-0.4, -0.2) is 16.0 Å². The summed E-state index contributed by atoms with van der Waals surface area (Å²) in [6.07, 6.45) is 6.83. The second-order valence-corrected chi connectivity index (χ2v) is 11.0. The number of pyridine rings is 1. The molecular weight excluding hydrogens is 569 g/mol. The molecule has 0 bridgehead atoms. The molecule has 1 saturated carbocycles. The van der Waals surface area contributed by atoms with E-state index in [1.54, 1.807) is 18.3 Å². The average molecular weight is 599 g/mol. The Labute approximate surface area is 241 Å². The molecule has 2 heterocycles. The summed E-state index contributed by atoms with van der Waals surface area (Å²) in [6, 6.07) is 23.3. The zero-order valence-electron chi connectivity index (χ0n) is 22.0. The first-order valence-corrected chi connectivity index (χ1v) is 14.2. The van der Waals surface area contributed by atoms with Gasteiger partial charge in [-0.1, -0.05) is 49.4 Å². The molecule has 1 aliphatic carbocycles. The lowest BCUT2D eigenvalue weighted by Crippen LogP contribution is -2.38. The zero-order valence-corrected chi connectivity index (χ0v) is 23.5. The normalized spacial score (nSPS) is 16.1. The molecule has 1 aliphatic heterocycles. The van der Waals surface area contributed by atoms with Crippen LogP contribution in [0.2, 0.25) is 0 Å². The molecule has 0 spiro atoms. The second kappa shape index (κ2) is 11.2. The van der Waals surface area contributed by atoms with E-state index in [9.17, 15) is 9.65 Å². The second-order valence-electron chi connectivity index (χ2n) is 10.1. The van der Waals surface area contributed by atoms with Gasteiger partial charge < -0.3 is 16.1 Å². The number of rotatable bonds is 9. The van der Waals surface area contributed by atoms with E-state index >= 15 is 0 Å². The van der Waals surface area contributed by atoms with Crippen molar-refractivity contribution in [3.05, 3.63) is 112 Å². The minimum absolute atomic E-state index is 0.0218. The van der Waals surface area contributed by atoms with Crippen LogP contribution in [0.25, 0.3) is 10.9 Å². The minimum Gasteiger partial charge on any atom is -0.377 e. The highest BCUT2D eigenvalue weighted by Gasteiger charge is 2.32. The van der Waals surface area contributed by atoms with Crippen LogP contribution in [-0.2, 0) is 0 Å². The lowest BCUT2D eigenvalue weighted by atomic mass is 10.0. The van der Waals surface area contributed by atoms with E-state index in [0.717, 1.165) is 62.8 Å². The highest BCUT2D eigenvalue weighted by molar-refractivity contribution is 9.10. The molecular formula is C31H29BrFN7. The maximum atomic E-state index is 13.8. The van der Waals surface area contributed by atoms with Crippen LogP contribution in [0.4, 0.5) is 15.8 Å². The highest BCUT2D eigenvalue weighted by Crippen LogP contribution is 2.38. The van der Waals surface area contributed by atoms with Gasteiger partial charge in [-0.25, -0.2) is 4.39 Å². The number of fused-ring (bicyclic) bond motifs is 1. The fourth-order valence-electron chi connectivity index (χ4n) is 5.07. The van der Waals surface area contributed by atoms with E-state index in [0.29, 0.717) is 11.6 Å². The molecule has 0 saturated heterocycles. The van der Waals surface area contributed by atoms with Crippen molar-refractivity contribution in [2.45, 2.75) is 44.3 Å². The van der Waals surface area contributed by atoms with Crippen molar-refractivity contribution in [1.82, 2.24) is 21.0 Å². The van der Waals surface area contributed by atoms with Gasteiger partial charge in [-0.15, -0.1) is 5.53 Å². The monoisotopic (exact) mass is 597 g/mol. The van der Waals surface area contributed by atoms with Gasteiger partial charge in [0.1, 0.15) is 11.9 Å². The largest absolute Gasteiger partial charge is 0.377 e. The predicted octanol–water partition coefficient (Wildman–Crippen LogP) is 7.05. The number of aromatic nitrogens is 1. The standard InChI is InChI=1S/C31H29BrFN7/c1-2-27(19-6-4-3-5-7-19)37-29-21(16-34)17-35-31-25(29)14-23(15-26(31)32)36-30(20-8-10-22(33)11-9-20)28-18-40(39-38-28)24-12-13-24/h3-11,14-15,17-18,24,27,30,36,38-39H,2,12-13H2,1H3,(H,35,37)/t27-,30?/m1/s1. The third kappa shape index (κ3) is 5.33. The molecule has 40 heavy (non-hydrogen) atoms. The summed E-state index contributed by atoms with van der Waals surface area (Å²) in [5.74, 6) is -0.281. The number of hydrazine groups is 2. The van der Waals surface area contributed by atoms with E-state index in [4.69, 9.17) is 0 Å². The number of halogens is 2. The van der Waals surface area contributed by atoms with Crippen LogP contribution in [0.3, 0.4) is 0 Å². The summed E-state index contributed by atoms with van der Waals surface area (Å²) in [7, 11) is 0. The predicted molar refractivity (Wildman–Crippen MR) is 159 cm³/mol. The van der Waals surface area contributed by atoms with Gasteiger partial charge >= 0.3 is 0 Å². The van der Waals surface area contributed by atoms with Gasteiger partial charge in [0.05, 0.1) is 34.5 Å². The topological polar surface area (TPSA) is 88.0 Å². The number of nitriles is 1. The molecule has 0 radical (unpaired) electrons. The summed E-state index contributed by atoms with van der Waals surface area (Å²) >= 11 is 3.72. The first-order valence-electron chi connectivity index (χ1n) is 13.4. The van der Waals surface area contributed by atoms with Crippen molar-refractivity contribution in [1.29, 1.82) is 5.26 Å². The van der Waals surface area contributed by atoms with Crippen molar-refractivity contribution in [2.24, 2.45) is 0 Å². The molecule has 1 fully saturated rings. The van der Waals surface area contributed by atoms with E-state index < -0.39 is 0 Å². The van der Waals surface area contributed by atoms with E-state index in [1.807, 2.05) is 30.3 Å². The first kappa shape index (κ1) is 26.1. The molecule has 3 aromatic carbocycles. The maximum Gasteiger partial charge on any atom is 0.123 e. The Balaban J connectivity index is 1.41. The van der Waals surface area contributed by atoms with Crippen molar-refractivity contribution < 1.29 is 4.39 Å². The lowest BCUT2D eigenvalue weighted by molar-refractivity contribution is 0.260. The molecule has 6 rings (SSSR count). The van der Waals surface area contributed by atoms with Gasteiger partial charge in [-0.05, 0) is 70.6 Å². The number of hydrogen-bond acceptors (Lipinski definition) is 7. The molecule has 2 atom stereocenters. The molecule has 4 N–H and O–H groups in total. The number of nitrogens with one attached hydrogen (secondary N) is 4. The molecule has 2 aliphatic rings. The number of hydrogen-bond donors (Lipinski definition) is 4. The summed E-state index contributed by atoms with van der Waals surface area (Å²) in [5.41, 5.74) is 12.3. The Morgan fingerprint density at radius 3 is 2.58 bits per heavy atom. The molecule has 7 nitrogen and oxygen atoms in total. The van der Waals surface area contributed by atoms with E-state index in [1.165, 1.54) is 12.1 Å². The molecule has 9 heteroatoms. The lowest BCUT2D eigenvalue weighted by Gasteiger charge is -2.24. The quantitative estimate of drug-likeness (QED) is 0.164. The SMILES string of the molecule is CC[C@@H](Nc1c(C#N)cnc2c(Br)cc(NC(C3=CN(C4CC4)NN3)c3ccc(F)cc3)cc12)c1ccccc1. The Morgan fingerprint density at radius 2 is 1.88 bits per heavy atom. The fraction of sp³-hybridized carbons (Fsp3) is 0.226. The fourth-order valence-corrected chi connectivity index (χ4v) is 5.63. The van der Waals surface area contributed by atoms with Gasteiger partial charge in [0, 0.05) is 34.0 Å². The average Bonchev–Trinajstić information content (AvgIpc) is 3.72. The van der Waals surface area contributed by atoms with Crippen LogP contribution >= 0.6 is 15.9 Å². The third-order valence-corrected chi connectivity index (χ3v) is 7.95. The number of nitrogens with zero attached hydrogens (tertiary/aromatic N) is 3. The van der Waals surface area contributed by atoms with Gasteiger partial charge in [-0.3, -0.25) is 9.99 Å². The highest BCUT2D eigenvalue weighted by atomic mass is 79.9. The van der Waals surface area contributed by atoms with Crippen LogP contribution in [0, 0.1) is 17.1 Å². The molecule has 1 unspecified atom stereocenters. The van der Waals surface area contributed by atoms with Crippen LogP contribution in [0.1, 0.15) is 55.0 Å². The molecule has 4 aromatic rings. The first-order chi connectivity index (χ1) is 19.5. The van der Waals surface area contributed by atoms with Gasteiger partial charge in [0.15, 0.2) is 0 Å². The number of benzene rings is 3. The molecule has 1 aromatic heterocycles. The Bertz CT molecular complexity index is 1600. The van der Waals surface area contributed by atoms with Gasteiger partial charge in [-0.2, -0.15) is 5.26 Å². The summed E-state index contributed by atoms with van der Waals surface area (Å²) in [5, 5.41) is 20.2. The molecule has 202 valence electrons. The van der Waals surface area contributed by atoms with Crippen LogP contribution < -0.4 is 21.6 Å². The van der Waals surface area contributed by atoms with Crippen molar-refractivity contribution in [3.8, 4) is 6.07 Å². The number of anilines is 2. The van der Waals surface area contributed by atoms with Gasteiger partial charge in [0.2, 0.25) is 0 Å². The van der Waals surface area contributed by atoms with E-state index in [-0.39, 0.29) is 17.9 Å². The Morgan fingerprint density at radius 1 is 1.10 bits per heavy atom. The maximum absolute atomic E-state index is 13.8. The summed E-state index contributed by atoms with van der Waals surface area (Å²) in [4.78, 5) is 4.60. The van der Waals surface area contributed by atoms with Gasteiger partial charge in [0.25, 0.3) is 0 Å². The Hall–Kier alpha value is -4.13. The third-order valence-electron chi connectivity index (χ3n) is 7.35. The molecule has 0 amide bonds. The summed E-state index contributed by atoms with van der Waals surface area (Å²) in [6.45, 7) is 2.12. The van der Waals surface area contributed by atoms with E-state index in [2.05, 4.69) is 78.8 Å². The summed E-state index contributed by atoms with van der Waals surface area (Å²) < 4.78 is 14.6. The minimum atomic E-state index is -0.281. The van der Waals surface area contributed by atoms with Crippen LogP contribution in [0.15, 0.2) is 89.3 Å². The van der Waals surface area contributed by atoms with Crippen molar-refractivity contribution in [3.63, 3.8) is 0 Å². The van der Waals surface area contributed by atoms with Crippen molar-refractivity contribution >= 4 is 38.2 Å². The smallest absolute Gasteiger partial charge is 0.123 e. The zero-order chi connectivity index (χ0) is 27.6. The Kier molecular flexibility index (Phi) is 7.29. The van der Waals surface area contributed by atoms with Crippen LogP contribution in [0.5, 0.6) is 0 Å². The van der Waals surface area contributed by atoms with Crippen molar-refractivity contribution in [2.75, 3.05) is 10.6 Å².